The zero-order valence-electron chi connectivity index (χ0n) is 11.8. The van der Waals surface area contributed by atoms with Crippen molar-refractivity contribution in [2.75, 3.05) is 26.7 Å². The Morgan fingerprint density at radius 3 is 2.50 bits per heavy atom. The van der Waals surface area contributed by atoms with Crippen LogP contribution in [0, 0.1) is 5.92 Å². The van der Waals surface area contributed by atoms with Gasteiger partial charge in [0.1, 0.15) is 0 Å². The van der Waals surface area contributed by atoms with Gasteiger partial charge in [-0.15, -0.1) is 0 Å². The molecule has 0 aromatic carbocycles. The molecular weight excluding hydrogens is 276 g/mol. The van der Waals surface area contributed by atoms with Crippen LogP contribution in [0.5, 0.6) is 0 Å². The molecule has 6 nitrogen and oxygen atoms in total. The molecule has 0 saturated carbocycles. The second-order valence-electron chi connectivity index (χ2n) is 5.20. The molecule has 2 heterocycles. The van der Waals surface area contributed by atoms with Crippen LogP contribution in [0.1, 0.15) is 18.4 Å². The van der Waals surface area contributed by atoms with E-state index in [9.17, 15) is 8.42 Å². The SMILES string of the molecule is CN(Cc1ccncc1)S(=O)(=O)N1CCC(CN)CC1. The van der Waals surface area contributed by atoms with Crippen molar-refractivity contribution >= 4 is 10.2 Å². The van der Waals surface area contributed by atoms with E-state index in [0.717, 1.165) is 18.4 Å². The van der Waals surface area contributed by atoms with Crippen LogP contribution in [0.4, 0.5) is 0 Å². The Morgan fingerprint density at radius 1 is 1.35 bits per heavy atom. The first kappa shape index (κ1) is 15.4. The van der Waals surface area contributed by atoms with Gasteiger partial charge in [-0.1, -0.05) is 0 Å². The summed E-state index contributed by atoms with van der Waals surface area (Å²) in [5.41, 5.74) is 6.57. The molecule has 1 fully saturated rings. The first-order chi connectivity index (χ1) is 9.54. The van der Waals surface area contributed by atoms with Gasteiger partial charge in [-0.3, -0.25) is 4.98 Å². The van der Waals surface area contributed by atoms with Gasteiger partial charge in [-0.2, -0.15) is 17.0 Å². The molecule has 0 bridgehead atoms. The van der Waals surface area contributed by atoms with Crippen LogP contribution >= 0.6 is 0 Å². The molecule has 0 unspecified atom stereocenters. The van der Waals surface area contributed by atoms with Crippen molar-refractivity contribution in [2.45, 2.75) is 19.4 Å². The molecule has 0 atom stereocenters. The molecular formula is C13H22N4O2S. The third kappa shape index (κ3) is 3.54. The van der Waals surface area contributed by atoms with Crippen molar-refractivity contribution in [2.24, 2.45) is 11.7 Å². The molecule has 112 valence electrons. The zero-order valence-corrected chi connectivity index (χ0v) is 12.6. The van der Waals surface area contributed by atoms with E-state index in [-0.39, 0.29) is 0 Å². The fourth-order valence-corrected chi connectivity index (χ4v) is 3.78. The Bertz CT molecular complexity index is 512. The summed E-state index contributed by atoms with van der Waals surface area (Å²) < 4.78 is 27.9. The molecule has 1 aromatic heterocycles. The number of rotatable bonds is 5. The van der Waals surface area contributed by atoms with Crippen LogP contribution in [-0.4, -0.2) is 48.7 Å². The second-order valence-corrected chi connectivity index (χ2v) is 7.23. The maximum absolute atomic E-state index is 12.5. The summed E-state index contributed by atoms with van der Waals surface area (Å²) in [6.45, 7) is 2.12. The molecule has 20 heavy (non-hydrogen) atoms. The van der Waals surface area contributed by atoms with Gasteiger partial charge < -0.3 is 5.73 Å². The lowest BCUT2D eigenvalue weighted by atomic mass is 9.99. The van der Waals surface area contributed by atoms with E-state index in [1.54, 1.807) is 23.7 Å². The molecule has 1 aliphatic rings. The molecule has 1 aromatic rings. The Labute approximate surface area is 120 Å². The monoisotopic (exact) mass is 298 g/mol. The molecule has 2 N–H and O–H groups in total. The second kappa shape index (κ2) is 6.62. The predicted octanol–water partition coefficient (Wildman–Crippen LogP) is 0.429. The average molecular weight is 298 g/mol. The normalized spacial score (nSPS) is 18.6. The van der Waals surface area contributed by atoms with Gasteiger partial charge >= 0.3 is 0 Å². The number of pyridine rings is 1. The summed E-state index contributed by atoms with van der Waals surface area (Å²) >= 11 is 0. The largest absolute Gasteiger partial charge is 0.330 e. The van der Waals surface area contributed by atoms with Crippen molar-refractivity contribution in [1.29, 1.82) is 0 Å². The Balaban J connectivity index is 1.99. The minimum atomic E-state index is -3.39. The third-order valence-electron chi connectivity index (χ3n) is 3.78. The van der Waals surface area contributed by atoms with Crippen LogP contribution in [0.2, 0.25) is 0 Å². The Morgan fingerprint density at radius 2 is 1.95 bits per heavy atom. The van der Waals surface area contributed by atoms with E-state index in [0.29, 0.717) is 32.1 Å². The summed E-state index contributed by atoms with van der Waals surface area (Å²) in [6, 6.07) is 3.65. The van der Waals surface area contributed by atoms with Gasteiger partial charge in [0, 0.05) is 39.1 Å². The molecule has 2 rings (SSSR count). The number of nitrogens with zero attached hydrogens (tertiary/aromatic N) is 3. The molecule has 0 radical (unpaired) electrons. The Hall–Kier alpha value is -1.02. The quantitative estimate of drug-likeness (QED) is 0.855. The highest BCUT2D eigenvalue weighted by Gasteiger charge is 2.30. The first-order valence-electron chi connectivity index (χ1n) is 6.84. The van der Waals surface area contributed by atoms with E-state index in [4.69, 9.17) is 5.73 Å². The van der Waals surface area contributed by atoms with Gasteiger partial charge in [-0.05, 0) is 43.0 Å². The van der Waals surface area contributed by atoms with E-state index >= 15 is 0 Å². The first-order valence-corrected chi connectivity index (χ1v) is 8.24. The standard InChI is InChI=1S/C13H22N4O2S/c1-16(11-13-2-6-15-7-3-13)20(18,19)17-8-4-12(10-14)5-9-17/h2-3,6-7,12H,4-5,8-11,14H2,1H3. The highest BCUT2D eigenvalue weighted by molar-refractivity contribution is 7.86. The topological polar surface area (TPSA) is 79.5 Å². The van der Waals surface area contributed by atoms with Crippen molar-refractivity contribution < 1.29 is 8.42 Å². The highest BCUT2D eigenvalue weighted by atomic mass is 32.2. The van der Waals surface area contributed by atoms with Gasteiger partial charge in [0.2, 0.25) is 0 Å². The lowest BCUT2D eigenvalue weighted by molar-refractivity contribution is 0.262. The molecule has 0 aliphatic carbocycles. The molecule has 1 saturated heterocycles. The summed E-state index contributed by atoms with van der Waals surface area (Å²) in [5.74, 6) is 0.451. The highest BCUT2D eigenvalue weighted by Crippen LogP contribution is 2.20. The number of hydrogen-bond acceptors (Lipinski definition) is 4. The van der Waals surface area contributed by atoms with E-state index in [1.807, 2.05) is 12.1 Å². The molecule has 0 amide bonds. The van der Waals surface area contributed by atoms with Crippen LogP contribution in [0.25, 0.3) is 0 Å². The van der Waals surface area contributed by atoms with E-state index in [2.05, 4.69) is 4.98 Å². The third-order valence-corrected chi connectivity index (χ3v) is 5.72. The van der Waals surface area contributed by atoms with Crippen LogP contribution in [0.15, 0.2) is 24.5 Å². The van der Waals surface area contributed by atoms with Crippen LogP contribution in [-0.2, 0) is 16.8 Å². The number of nitrogens with two attached hydrogens (primary N) is 1. The van der Waals surface area contributed by atoms with Gasteiger partial charge in [-0.25, -0.2) is 0 Å². The fraction of sp³-hybridized carbons (Fsp3) is 0.615. The molecule has 1 aliphatic heterocycles. The van der Waals surface area contributed by atoms with Crippen molar-refractivity contribution in [3.8, 4) is 0 Å². The summed E-state index contributed by atoms with van der Waals surface area (Å²) in [4.78, 5) is 3.93. The minimum Gasteiger partial charge on any atom is -0.330 e. The van der Waals surface area contributed by atoms with Gasteiger partial charge in [0.25, 0.3) is 10.2 Å². The number of piperidine rings is 1. The van der Waals surface area contributed by atoms with Gasteiger partial charge in [0.05, 0.1) is 0 Å². The van der Waals surface area contributed by atoms with Gasteiger partial charge in [0.15, 0.2) is 0 Å². The predicted molar refractivity (Wildman–Crippen MR) is 78.0 cm³/mol. The Kier molecular flexibility index (Phi) is 5.09. The number of aromatic nitrogens is 1. The zero-order chi connectivity index (χ0) is 14.6. The summed E-state index contributed by atoms with van der Waals surface area (Å²) in [7, 11) is -1.77. The summed E-state index contributed by atoms with van der Waals surface area (Å²) in [6.07, 6.45) is 5.03. The van der Waals surface area contributed by atoms with Crippen molar-refractivity contribution in [3.05, 3.63) is 30.1 Å². The smallest absolute Gasteiger partial charge is 0.282 e. The van der Waals surface area contributed by atoms with E-state index in [1.165, 1.54) is 4.31 Å². The maximum atomic E-state index is 12.5. The number of hydrogen-bond donors (Lipinski definition) is 1. The lowest BCUT2D eigenvalue weighted by Crippen LogP contribution is -2.46. The van der Waals surface area contributed by atoms with E-state index < -0.39 is 10.2 Å². The van der Waals surface area contributed by atoms with Crippen LogP contribution < -0.4 is 5.73 Å². The van der Waals surface area contributed by atoms with Crippen molar-refractivity contribution in [1.82, 2.24) is 13.6 Å². The lowest BCUT2D eigenvalue weighted by Gasteiger charge is -2.33. The molecule has 0 spiro atoms. The van der Waals surface area contributed by atoms with Crippen molar-refractivity contribution in [3.63, 3.8) is 0 Å². The maximum Gasteiger partial charge on any atom is 0.282 e. The molecule has 7 heteroatoms. The summed E-state index contributed by atoms with van der Waals surface area (Å²) in [5, 5.41) is 0. The fourth-order valence-electron chi connectivity index (χ4n) is 2.40. The average Bonchev–Trinajstić information content (AvgIpc) is 2.48. The minimum absolute atomic E-state index is 0.363. The van der Waals surface area contributed by atoms with Crippen LogP contribution in [0.3, 0.4) is 0 Å².